The van der Waals surface area contributed by atoms with E-state index in [0.29, 0.717) is 12.2 Å². The van der Waals surface area contributed by atoms with Crippen LogP contribution in [0.1, 0.15) is 13.3 Å². The number of hydrogen-bond acceptors (Lipinski definition) is 4. The first-order valence-corrected chi connectivity index (χ1v) is 9.31. The first-order chi connectivity index (χ1) is 10.9. The van der Waals surface area contributed by atoms with E-state index in [9.17, 15) is 13.2 Å². The van der Waals surface area contributed by atoms with E-state index < -0.39 is 15.4 Å². The molecule has 122 valence electrons. The summed E-state index contributed by atoms with van der Waals surface area (Å²) in [7, 11) is -3.05. The van der Waals surface area contributed by atoms with Crippen LogP contribution >= 0.6 is 0 Å². The van der Waals surface area contributed by atoms with Gasteiger partial charge in [0, 0.05) is 0 Å². The van der Waals surface area contributed by atoms with Crippen molar-refractivity contribution in [3.8, 4) is 5.75 Å². The van der Waals surface area contributed by atoms with E-state index in [1.807, 2.05) is 42.5 Å². The van der Waals surface area contributed by atoms with Crippen LogP contribution in [0.4, 0.5) is 0 Å². The molecule has 0 spiro atoms. The van der Waals surface area contributed by atoms with Crippen molar-refractivity contribution >= 4 is 26.5 Å². The van der Waals surface area contributed by atoms with Gasteiger partial charge in [0.1, 0.15) is 5.75 Å². The summed E-state index contributed by atoms with van der Waals surface area (Å²) < 4.78 is 28.6. The van der Waals surface area contributed by atoms with Gasteiger partial charge in [0.25, 0.3) is 5.91 Å². The Labute approximate surface area is 135 Å². The second-order valence-corrected chi connectivity index (χ2v) is 8.43. The third-order valence-corrected chi connectivity index (χ3v) is 5.94. The van der Waals surface area contributed by atoms with Crippen LogP contribution in [0.2, 0.25) is 0 Å². The second kappa shape index (κ2) is 5.85. The molecule has 0 bridgehead atoms. The van der Waals surface area contributed by atoms with Crippen LogP contribution in [0.15, 0.2) is 42.5 Å². The van der Waals surface area contributed by atoms with Gasteiger partial charge >= 0.3 is 0 Å². The van der Waals surface area contributed by atoms with E-state index in [1.165, 1.54) is 0 Å². The zero-order chi connectivity index (χ0) is 16.5. The third-order valence-electron chi connectivity index (χ3n) is 4.04. The summed E-state index contributed by atoms with van der Waals surface area (Å²) in [5, 5.41) is 4.92. The third kappa shape index (κ3) is 3.82. The minimum atomic E-state index is -3.05. The van der Waals surface area contributed by atoms with Crippen molar-refractivity contribution in [2.75, 3.05) is 18.1 Å². The maximum atomic E-state index is 12.0. The smallest absolute Gasteiger partial charge is 0.258 e. The lowest BCUT2D eigenvalue weighted by Gasteiger charge is -2.23. The molecule has 1 fully saturated rings. The number of hydrogen-bond donors (Lipinski definition) is 1. The van der Waals surface area contributed by atoms with Gasteiger partial charge in [0.15, 0.2) is 16.4 Å². The Morgan fingerprint density at radius 2 is 1.96 bits per heavy atom. The highest BCUT2D eigenvalue weighted by Crippen LogP contribution is 2.23. The SMILES string of the molecule is CC1(NC(=O)COc2ccc3ccccc3c2)CCS(=O)(=O)C1. The molecule has 1 atom stereocenters. The first-order valence-electron chi connectivity index (χ1n) is 7.48. The molecule has 3 rings (SSSR count). The number of ether oxygens (including phenoxy) is 1. The number of carbonyl (C=O) groups excluding carboxylic acids is 1. The fraction of sp³-hybridized carbons (Fsp3) is 0.353. The Kier molecular flexibility index (Phi) is 4.02. The zero-order valence-electron chi connectivity index (χ0n) is 12.9. The summed E-state index contributed by atoms with van der Waals surface area (Å²) in [6.07, 6.45) is 0.442. The van der Waals surface area contributed by atoms with Gasteiger partial charge in [-0.2, -0.15) is 0 Å². The van der Waals surface area contributed by atoms with Gasteiger partial charge in [0.05, 0.1) is 17.0 Å². The largest absolute Gasteiger partial charge is 0.484 e. The number of sulfone groups is 1. The van der Waals surface area contributed by atoms with Crippen molar-refractivity contribution in [3.05, 3.63) is 42.5 Å². The molecule has 0 saturated carbocycles. The van der Waals surface area contributed by atoms with Gasteiger partial charge in [0.2, 0.25) is 0 Å². The van der Waals surface area contributed by atoms with Crippen molar-refractivity contribution in [2.24, 2.45) is 0 Å². The lowest BCUT2D eigenvalue weighted by atomic mass is 10.0. The molecule has 6 heteroatoms. The van der Waals surface area contributed by atoms with Crippen molar-refractivity contribution in [1.29, 1.82) is 0 Å². The van der Waals surface area contributed by atoms with Crippen LogP contribution in [-0.4, -0.2) is 38.0 Å². The van der Waals surface area contributed by atoms with Crippen LogP contribution in [-0.2, 0) is 14.6 Å². The summed E-state index contributed by atoms with van der Waals surface area (Å²) in [6, 6.07) is 13.5. The highest BCUT2D eigenvalue weighted by Gasteiger charge is 2.39. The van der Waals surface area contributed by atoms with E-state index in [0.717, 1.165) is 10.8 Å². The number of carbonyl (C=O) groups is 1. The predicted molar refractivity (Wildman–Crippen MR) is 89.3 cm³/mol. The van der Waals surface area contributed by atoms with Gasteiger partial charge < -0.3 is 10.1 Å². The minimum absolute atomic E-state index is 0.0122. The van der Waals surface area contributed by atoms with Gasteiger partial charge in [-0.1, -0.05) is 30.3 Å². The Bertz CT molecular complexity index is 847. The van der Waals surface area contributed by atoms with Gasteiger partial charge in [-0.15, -0.1) is 0 Å². The topological polar surface area (TPSA) is 72.5 Å². The molecule has 1 aliphatic rings. The molecule has 1 saturated heterocycles. The standard InChI is InChI=1S/C17H19NO4S/c1-17(8-9-23(20,21)12-17)18-16(19)11-22-15-7-6-13-4-2-3-5-14(13)10-15/h2-7,10H,8-9,11-12H2,1H3,(H,18,19). The van der Waals surface area contributed by atoms with Crippen LogP contribution in [0.5, 0.6) is 5.75 Å². The molecule has 1 N–H and O–H groups in total. The number of amides is 1. The summed E-state index contributed by atoms with van der Waals surface area (Å²) in [4.78, 5) is 12.0. The minimum Gasteiger partial charge on any atom is -0.484 e. The molecule has 0 radical (unpaired) electrons. The van der Waals surface area contributed by atoms with Crippen LogP contribution in [0, 0.1) is 0 Å². The van der Waals surface area contributed by atoms with Crippen LogP contribution in [0.25, 0.3) is 10.8 Å². The zero-order valence-corrected chi connectivity index (χ0v) is 13.7. The average Bonchev–Trinajstić information content (AvgIpc) is 2.78. The molecule has 23 heavy (non-hydrogen) atoms. The lowest BCUT2D eigenvalue weighted by Crippen LogP contribution is -2.48. The van der Waals surface area contributed by atoms with E-state index in [4.69, 9.17) is 4.74 Å². The maximum absolute atomic E-state index is 12.0. The molecule has 1 aliphatic heterocycles. The highest BCUT2D eigenvalue weighted by molar-refractivity contribution is 7.91. The van der Waals surface area contributed by atoms with Gasteiger partial charge in [-0.05, 0) is 36.2 Å². The fourth-order valence-corrected chi connectivity index (χ4v) is 4.98. The molecule has 0 aromatic heterocycles. The Hall–Kier alpha value is -2.08. The summed E-state index contributed by atoms with van der Waals surface area (Å²) >= 11 is 0. The summed E-state index contributed by atoms with van der Waals surface area (Å²) in [5.41, 5.74) is -0.692. The van der Waals surface area contributed by atoms with Crippen molar-refractivity contribution < 1.29 is 17.9 Å². The van der Waals surface area contributed by atoms with E-state index in [1.54, 1.807) is 6.92 Å². The van der Waals surface area contributed by atoms with E-state index in [-0.39, 0.29) is 24.0 Å². The average molecular weight is 333 g/mol. The number of nitrogens with one attached hydrogen (secondary N) is 1. The molecule has 0 aliphatic carbocycles. The van der Waals surface area contributed by atoms with Crippen molar-refractivity contribution in [2.45, 2.75) is 18.9 Å². The van der Waals surface area contributed by atoms with Crippen LogP contribution < -0.4 is 10.1 Å². The molecule has 1 unspecified atom stereocenters. The lowest BCUT2D eigenvalue weighted by molar-refractivity contribution is -0.124. The number of fused-ring (bicyclic) bond motifs is 1. The highest BCUT2D eigenvalue weighted by atomic mass is 32.2. The second-order valence-electron chi connectivity index (χ2n) is 6.25. The normalized spacial score (nSPS) is 22.8. The molecule has 2 aromatic rings. The molecular formula is C17H19NO4S. The molecule has 1 heterocycles. The quantitative estimate of drug-likeness (QED) is 0.928. The molecule has 5 nitrogen and oxygen atoms in total. The van der Waals surface area contributed by atoms with Gasteiger partial charge in [-0.3, -0.25) is 4.79 Å². The Morgan fingerprint density at radius 3 is 2.65 bits per heavy atom. The number of benzene rings is 2. The van der Waals surface area contributed by atoms with E-state index >= 15 is 0 Å². The predicted octanol–water partition coefficient (Wildman–Crippen LogP) is 1.91. The Morgan fingerprint density at radius 1 is 1.22 bits per heavy atom. The fourth-order valence-electron chi connectivity index (χ4n) is 2.89. The Balaban J connectivity index is 1.60. The first kappa shape index (κ1) is 15.8. The van der Waals surface area contributed by atoms with Crippen LogP contribution in [0.3, 0.4) is 0 Å². The molecule has 2 aromatic carbocycles. The maximum Gasteiger partial charge on any atom is 0.258 e. The van der Waals surface area contributed by atoms with Crippen molar-refractivity contribution in [3.63, 3.8) is 0 Å². The molecular weight excluding hydrogens is 314 g/mol. The molecule has 1 amide bonds. The van der Waals surface area contributed by atoms with Gasteiger partial charge in [-0.25, -0.2) is 8.42 Å². The summed E-state index contributed by atoms with van der Waals surface area (Å²) in [5.74, 6) is 0.414. The van der Waals surface area contributed by atoms with Crippen molar-refractivity contribution in [1.82, 2.24) is 5.32 Å². The van der Waals surface area contributed by atoms with E-state index in [2.05, 4.69) is 5.32 Å². The number of rotatable bonds is 4. The monoisotopic (exact) mass is 333 g/mol. The summed E-state index contributed by atoms with van der Waals surface area (Å²) in [6.45, 7) is 1.62.